The van der Waals surface area contributed by atoms with Gasteiger partial charge in [0, 0.05) is 12.7 Å². The van der Waals surface area contributed by atoms with Crippen molar-refractivity contribution in [1.82, 2.24) is 15.0 Å². The highest BCUT2D eigenvalue weighted by Crippen LogP contribution is 2.10. The molecule has 6 heteroatoms. The summed E-state index contributed by atoms with van der Waals surface area (Å²) in [6, 6.07) is 5.82. The zero-order chi connectivity index (χ0) is 13.8. The molecule has 0 bridgehead atoms. The lowest BCUT2D eigenvalue weighted by molar-refractivity contribution is 0.0690. The van der Waals surface area contributed by atoms with E-state index in [1.807, 2.05) is 37.1 Å². The first kappa shape index (κ1) is 12.9. The molecule has 1 N–H and O–H groups in total. The molecule has 0 fully saturated rings. The fraction of sp³-hybridized carbons (Fsp3) is 0.231. The lowest BCUT2D eigenvalue weighted by Crippen LogP contribution is -2.19. The van der Waals surface area contributed by atoms with Crippen LogP contribution < -0.4 is 4.90 Å². The quantitative estimate of drug-likeness (QED) is 0.895. The Balaban J connectivity index is 2.11. The first-order valence-corrected chi connectivity index (χ1v) is 5.75. The summed E-state index contributed by atoms with van der Waals surface area (Å²) in [4.78, 5) is 24.9. The normalized spacial score (nSPS) is 10.2. The van der Waals surface area contributed by atoms with Gasteiger partial charge in [-0.3, -0.25) is 4.98 Å². The maximum Gasteiger partial charge on any atom is 0.356 e. The Morgan fingerprint density at radius 3 is 2.68 bits per heavy atom. The predicted octanol–water partition coefficient (Wildman–Crippen LogP) is 1.51. The van der Waals surface area contributed by atoms with Gasteiger partial charge in [0.15, 0.2) is 5.69 Å². The highest BCUT2D eigenvalue weighted by atomic mass is 16.4. The van der Waals surface area contributed by atoms with Crippen LogP contribution in [0.25, 0.3) is 0 Å². The molecular weight excluding hydrogens is 244 g/mol. The van der Waals surface area contributed by atoms with Gasteiger partial charge in [-0.05, 0) is 19.1 Å². The summed E-state index contributed by atoms with van der Waals surface area (Å²) >= 11 is 0. The zero-order valence-corrected chi connectivity index (χ0v) is 10.7. The third-order valence-corrected chi connectivity index (χ3v) is 2.59. The van der Waals surface area contributed by atoms with Crippen LogP contribution in [0.2, 0.25) is 0 Å². The molecule has 0 saturated heterocycles. The molecule has 0 atom stereocenters. The van der Waals surface area contributed by atoms with Crippen molar-refractivity contribution < 1.29 is 9.90 Å². The summed E-state index contributed by atoms with van der Waals surface area (Å²) in [5.74, 6) is -0.477. The van der Waals surface area contributed by atoms with E-state index in [0.717, 1.165) is 11.4 Å². The van der Waals surface area contributed by atoms with Crippen LogP contribution in [-0.2, 0) is 6.54 Å². The molecule has 0 spiro atoms. The number of hydrogen-bond donors (Lipinski definition) is 1. The average Bonchev–Trinajstić information content (AvgIpc) is 2.39. The van der Waals surface area contributed by atoms with E-state index < -0.39 is 5.97 Å². The number of anilines is 1. The minimum absolute atomic E-state index is 0.0640. The van der Waals surface area contributed by atoms with E-state index in [4.69, 9.17) is 5.11 Å². The average molecular weight is 258 g/mol. The monoisotopic (exact) mass is 258 g/mol. The van der Waals surface area contributed by atoms with Gasteiger partial charge in [0.2, 0.25) is 0 Å². The number of carboxylic acid groups (broad SMARTS) is 1. The summed E-state index contributed by atoms with van der Waals surface area (Å²) in [6.45, 7) is 2.52. The molecule has 0 unspecified atom stereocenters. The van der Waals surface area contributed by atoms with Crippen molar-refractivity contribution in [3.05, 3.63) is 47.7 Å². The van der Waals surface area contributed by atoms with E-state index in [1.54, 1.807) is 0 Å². The van der Waals surface area contributed by atoms with Gasteiger partial charge in [-0.15, -0.1) is 0 Å². The standard InChI is InChI=1S/C13H14N4O2/c1-9-4-3-5-10(16-9)8-17(2)12-7-14-11(6-15-12)13(18)19/h3-7H,8H2,1-2H3,(H,18,19). The zero-order valence-electron chi connectivity index (χ0n) is 10.7. The Morgan fingerprint density at radius 1 is 1.32 bits per heavy atom. The van der Waals surface area contributed by atoms with Gasteiger partial charge in [-0.2, -0.15) is 0 Å². The van der Waals surface area contributed by atoms with Crippen molar-refractivity contribution in [1.29, 1.82) is 0 Å². The first-order valence-electron chi connectivity index (χ1n) is 5.75. The van der Waals surface area contributed by atoms with Gasteiger partial charge in [0.05, 0.1) is 24.6 Å². The van der Waals surface area contributed by atoms with Crippen LogP contribution in [0.15, 0.2) is 30.6 Å². The second kappa shape index (κ2) is 5.43. The van der Waals surface area contributed by atoms with E-state index >= 15 is 0 Å². The van der Waals surface area contributed by atoms with Crippen LogP contribution in [-0.4, -0.2) is 33.1 Å². The van der Waals surface area contributed by atoms with Gasteiger partial charge >= 0.3 is 5.97 Å². The lowest BCUT2D eigenvalue weighted by Gasteiger charge is -2.17. The Bertz CT molecular complexity index is 583. The Hall–Kier alpha value is -2.50. The molecule has 2 aromatic rings. The van der Waals surface area contributed by atoms with Crippen LogP contribution in [0.4, 0.5) is 5.82 Å². The Labute approximate surface area is 110 Å². The van der Waals surface area contributed by atoms with Gasteiger partial charge in [-0.25, -0.2) is 14.8 Å². The van der Waals surface area contributed by atoms with Gasteiger partial charge in [0.1, 0.15) is 5.82 Å². The van der Waals surface area contributed by atoms with Crippen LogP contribution >= 0.6 is 0 Å². The second-order valence-corrected chi connectivity index (χ2v) is 4.19. The van der Waals surface area contributed by atoms with Crippen molar-refractivity contribution in [2.45, 2.75) is 13.5 Å². The maximum absolute atomic E-state index is 10.7. The highest BCUT2D eigenvalue weighted by Gasteiger charge is 2.08. The maximum atomic E-state index is 10.7. The van der Waals surface area contributed by atoms with Crippen LogP contribution in [0.1, 0.15) is 21.9 Å². The van der Waals surface area contributed by atoms with Gasteiger partial charge < -0.3 is 10.0 Å². The highest BCUT2D eigenvalue weighted by molar-refractivity contribution is 5.84. The third-order valence-electron chi connectivity index (χ3n) is 2.59. The molecule has 2 aromatic heterocycles. The first-order chi connectivity index (χ1) is 9.06. The van der Waals surface area contributed by atoms with E-state index in [9.17, 15) is 4.79 Å². The van der Waals surface area contributed by atoms with Crippen LogP contribution in [0.5, 0.6) is 0 Å². The summed E-state index contributed by atoms with van der Waals surface area (Å²) in [5, 5.41) is 8.75. The fourth-order valence-electron chi connectivity index (χ4n) is 1.64. The molecule has 0 radical (unpaired) electrons. The van der Waals surface area contributed by atoms with Crippen molar-refractivity contribution in [2.24, 2.45) is 0 Å². The SMILES string of the molecule is Cc1cccc(CN(C)c2cnc(C(=O)O)cn2)n1. The topological polar surface area (TPSA) is 79.2 Å². The molecule has 6 nitrogen and oxygen atoms in total. The molecule has 0 aliphatic heterocycles. The molecule has 0 aliphatic rings. The number of carboxylic acids is 1. The molecular formula is C13H14N4O2. The molecule has 0 aromatic carbocycles. The molecule has 0 saturated carbocycles. The predicted molar refractivity (Wildman–Crippen MR) is 70.1 cm³/mol. The molecule has 0 amide bonds. The van der Waals surface area contributed by atoms with Crippen molar-refractivity contribution >= 4 is 11.8 Å². The molecule has 2 rings (SSSR count). The number of carbonyl (C=O) groups is 1. The second-order valence-electron chi connectivity index (χ2n) is 4.19. The van der Waals surface area contributed by atoms with Crippen molar-refractivity contribution in [3.8, 4) is 0 Å². The number of aryl methyl sites for hydroxylation is 1. The Kier molecular flexibility index (Phi) is 3.70. The molecule has 2 heterocycles. The lowest BCUT2D eigenvalue weighted by atomic mass is 10.3. The number of hydrogen-bond acceptors (Lipinski definition) is 5. The minimum Gasteiger partial charge on any atom is -0.476 e. The van der Waals surface area contributed by atoms with Gasteiger partial charge in [0.25, 0.3) is 0 Å². The van der Waals surface area contributed by atoms with Crippen molar-refractivity contribution in [3.63, 3.8) is 0 Å². The summed E-state index contributed by atoms with van der Waals surface area (Å²) < 4.78 is 0. The molecule has 0 aliphatic carbocycles. The smallest absolute Gasteiger partial charge is 0.356 e. The number of rotatable bonds is 4. The Morgan fingerprint density at radius 2 is 2.11 bits per heavy atom. The van der Waals surface area contributed by atoms with E-state index in [-0.39, 0.29) is 5.69 Å². The van der Waals surface area contributed by atoms with E-state index in [2.05, 4.69) is 15.0 Å². The summed E-state index contributed by atoms with van der Waals surface area (Å²) in [5.41, 5.74) is 1.82. The number of pyridine rings is 1. The van der Waals surface area contributed by atoms with Gasteiger partial charge in [-0.1, -0.05) is 6.07 Å². The van der Waals surface area contributed by atoms with Crippen LogP contribution in [0, 0.1) is 6.92 Å². The van der Waals surface area contributed by atoms with E-state index in [0.29, 0.717) is 12.4 Å². The minimum atomic E-state index is -1.08. The number of aromatic carboxylic acids is 1. The third kappa shape index (κ3) is 3.25. The van der Waals surface area contributed by atoms with Crippen LogP contribution in [0.3, 0.4) is 0 Å². The number of nitrogens with zero attached hydrogens (tertiary/aromatic N) is 4. The van der Waals surface area contributed by atoms with Crippen molar-refractivity contribution in [2.75, 3.05) is 11.9 Å². The number of aromatic nitrogens is 3. The molecule has 98 valence electrons. The molecule has 19 heavy (non-hydrogen) atoms. The summed E-state index contributed by atoms with van der Waals surface area (Å²) in [6.07, 6.45) is 2.69. The largest absolute Gasteiger partial charge is 0.476 e. The fourth-order valence-corrected chi connectivity index (χ4v) is 1.64. The summed E-state index contributed by atoms with van der Waals surface area (Å²) in [7, 11) is 1.86. The van der Waals surface area contributed by atoms with E-state index in [1.165, 1.54) is 12.4 Å².